The summed E-state index contributed by atoms with van der Waals surface area (Å²) in [5.74, 6) is 1.26. The third kappa shape index (κ3) is 6.72. The lowest BCUT2D eigenvalue weighted by Gasteiger charge is -2.15. The van der Waals surface area contributed by atoms with Gasteiger partial charge in [-0.2, -0.15) is 0 Å². The molecule has 0 atom stereocenters. The van der Waals surface area contributed by atoms with E-state index in [0.717, 1.165) is 16.9 Å². The Bertz CT molecular complexity index is 1450. The Morgan fingerprint density at radius 1 is 1.03 bits per heavy atom. The first-order valence-corrected chi connectivity index (χ1v) is 11.7. The van der Waals surface area contributed by atoms with E-state index in [1.807, 2.05) is 37.3 Å². The number of aryl methyl sites for hydroxylation is 1. The number of aromatic nitrogens is 2. The summed E-state index contributed by atoms with van der Waals surface area (Å²) in [7, 11) is 1.59. The molecule has 0 aliphatic heterocycles. The fourth-order valence-corrected chi connectivity index (χ4v) is 3.59. The Balaban J connectivity index is 1.36. The molecular weight excluding hydrogens is 474 g/mol. The van der Waals surface area contributed by atoms with Crippen molar-refractivity contribution in [2.75, 3.05) is 20.3 Å². The average molecular weight is 502 g/mol. The van der Waals surface area contributed by atoms with Crippen LogP contribution < -0.4 is 15.0 Å². The van der Waals surface area contributed by atoms with Gasteiger partial charge in [0, 0.05) is 0 Å². The van der Waals surface area contributed by atoms with Gasteiger partial charge in [-0.25, -0.2) is 9.78 Å². The molecule has 37 heavy (non-hydrogen) atoms. The van der Waals surface area contributed by atoms with Gasteiger partial charge in [0.15, 0.2) is 0 Å². The molecule has 190 valence electrons. The molecule has 0 N–H and O–H groups in total. The Morgan fingerprint density at radius 2 is 1.78 bits per heavy atom. The lowest BCUT2D eigenvalue weighted by atomic mass is 10.2. The van der Waals surface area contributed by atoms with Crippen molar-refractivity contribution in [3.8, 4) is 11.5 Å². The zero-order valence-corrected chi connectivity index (χ0v) is 20.6. The highest BCUT2D eigenvalue weighted by Crippen LogP contribution is 2.18. The van der Waals surface area contributed by atoms with Crippen molar-refractivity contribution < 1.29 is 23.8 Å². The summed E-state index contributed by atoms with van der Waals surface area (Å²) in [6.07, 6.45) is 1.48. The first-order valence-electron chi connectivity index (χ1n) is 11.7. The van der Waals surface area contributed by atoms with Gasteiger partial charge in [0.1, 0.15) is 30.5 Å². The number of hydrogen-bond donors (Lipinski definition) is 0. The Kier molecular flexibility index (Phi) is 8.49. The molecule has 1 aromatic heterocycles. The Morgan fingerprint density at radius 3 is 2.57 bits per heavy atom. The minimum atomic E-state index is -0.605. The van der Waals surface area contributed by atoms with E-state index in [4.69, 9.17) is 19.0 Å². The molecule has 0 aliphatic rings. The number of hydrogen-bond acceptors (Lipinski definition) is 8. The van der Waals surface area contributed by atoms with Gasteiger partial charge in [0.25, 0.3) is 5.56 Å². The van der Waals surface area contributed by atoms with E-state index in [1.54, 1.807) is 49.6 Å². The van der Waals surface area contributed by atoms with E-state index in [2.05, 4.69) is 10.1 Å². The predicted molar refractivity (Wildman–Crippen MR) is 139 cm³/mol. The van der Waals surface area contributed by atoms with Gasteiger partial charge in [-0.05, 0) is 60.5 Å². The molecule has 1 heterocycles. The van der Waals surface area contributed by atoms with Crippen LogP contribution in [0, 0.1) is 6.92 Å². The van der Waals surface area contributed by atoms with Crippen molar-refractivity contribution in [1.29, 1.82) is 0 Å². The minimum absolute atomic E-state index is 0.0400. The van der Waals surface area contributed by atoms with E-state index >= 15 is 0 Å². The lowest BCUT2D eigenvalue weighted by Crippen LogP contribution is -2.29. The predicted octanol–water partition coefficient (Wildman–Crippen LogP) is 3.89. The van der Waals surface area contributed by atoms with E-state index in [9.17, 15) is 9.59 Å². The number of methoxy groups -OCH3 is 1. The maximum Gasteiger partial charge on any atom is 0.347 e. The zero-order chi connectivity index (χ0) is 26.0. The summed E-state index contributed by atoms with van der Waals surface area (Å²) >= 11 is 0. The second-order valence-corrected chi connectivity index (χ2v) is 8.06. The topological polar surface area (TPSA) is 101 Å². The number of ether oxygens (including phenoxy) is 3. The molecule has 3 aromatic carbocycles. The van der Waals surface area contributed by atoms with Gasteiger partial charge in [-0.3, -0.25) is 9.36 Å². The summed E-state index contributed by atoms with van der Waals surface area (Å²) in [4.78, 5) is 34.9. The maximum absolute atomic E-state index is 13.2. The summed E-state index contributed by atoms with van der Waals surface area (Å²) in [5, 5.41) is 4.25. The second-order valence-electron chi connectivity index (χ2n) is 8.06. The Labute approximate surface area is 213 Å². The molecular formula is C28H27N3O6. The number of rotatable bonds is 11. The third-order valence-corrected chi connectivity index (χ3v) is 5.54. The van der Waals surface area contributed by atoms with Crippen molar-refractivity contribution in [2.24, 2.45) is 5.16 Å². The van der Waals surface area contributed by atoms with Gasteiger partial charge < -0.3 is 19.0 Å². The quantitative estimate of drug-likeness (QED) is 0.175. The van der Waals surface area contributed by atoms with Crippen molar-refractivity contribution in [2.45, 2.75) is 20.1 Å². The molecule has 9 heteroatoms. The summed E-state index contributed by atoms with van der Waals surface area (Å²) in [6.45, 7) is 1.74. The monoisotopic (exact) mass is 501 g/mol. The number of carbonyl (C=O) groups excluding carboxylic acids is 1. The van der Waals surface area contributed by atoms with Crippen molar-refractivity contribution in [3.05, 3.63) is 100 Å². The molecule has 0 unspecified atom stereocenters. The molecule has 0 aliphatic carbocycles. The lowest BCUT2D eigenvalue weighted by molar-refractivity contribution is -0.149. The summed E-state index contributed by atoms with van der Waals surface area (Å²) in [6, 6.07) is 21.9. The number of benzene rings is 3. The highest BCUT2D eigenvalue weighted by molar-refractivity contribution is 5.79. The Hall–Kier alpha value is -4.66. The molecule has 0 saturated heterocycles. The average Bonchev–Trinajstić information content (AvgIpc) is 2.92. The van der Waals surface area contributed by atoms with Crippen LogP contribution in [-0.2, 0) is 27.5 Å². The molecule has 0 fully saturated rings. The summed E-state index contributed by atoms with van der Waals surface area (Å²) in [5.41, 5.74) is 2.11. The van der Waals surface area contributed by atoms with Gasteiger partial charge in [0.2, 0.25) is 6.61 Å². The maximum atomic E-state index is 13.2. The first-order chi connectivity index (χ1) is 18.0. The molecule has 0 amide bonds. The van der Waals surface area contributed by atoms with E-state index in [-0.39, 0.29) is 31.9 Å². The second kappa shape index (κ2) is 12.3. The molecule has 4 aromatic rings. The SMILES string of the molecule is COc1ccc(C=NOCC(=O)OCCn2c(COc3ccccc3C)nc3ccccc3c2=O)cc1. The normalized spacial score (nSPS) is 11.0. The van der Waals surface area contributed by atoms with E-state index in [0.29, 0.717) is 22.5 Å². The van der Waals surface area contributed by atoms with E-state index < -0.39 is 5.97 Å². The van der Waals surface area contributed by atoms with Crippen molar-refractivity contribution >= 4 is 23.1 Å². The van der Waals surface area contributed by atoms with Gasteiger partial charge >= 0.3 is 5.97 Å². The molecule has 0 spiro atoms. The van der Waals surface area contributed by atoms with Crippen LogP contribution >= 0.6 is 0 Å². The number of oxime groups is 1. The number of nitrogens with zero attached hydrogens (tertiary/aromatic N) is 3. The zero-order valence-electron chi connectivity index (χ0n) is 20.6. The minimum Gasteiger partial charge on any atom is -0.497 e. The van der Waals surface area contributed by atoms with Crippen molar-refractivity contribution in [3.63, 3.8) is 0 Å². The molecule has 9 nitrogen and oxygen atoms in total. The van der Waals surface area contributed by atoms with Gasteiger partial charge in [-0.15, -0.1) is 0 Å². The molecule has 4 rings (SSSR count). The smallest absolute Gasteiger partial charge is 0.347 e. The number of fused-ring (bicyclic) bond motifs is 1. The fraction of sp³-hybridized carbons (Fsp3) is 0.214. The number of esters is 1. The number of para-hydroxylation sites is 2. The standard InChI is InChI=1S/C28H27N3O6/c1-20-7-3-6-10-25(20)36-18-26-30-24-9-5-4-8-23(24)28(33)31(26)15-16-35-27(32)19-37-29-17-21-11-13-22(34-2)14-12-21/h3-14,17H,15-16,18-19H2,1-2H3. The van der Waals surface area contributed by atoms with Crippen molar-refractivity contribution in [1.82, 2.24) is 9.55 Å². The fourth-order valence-electron chi connectivity index (χ4n) is 3.59. The van der Waals surface area contributed by atoms with Crippen LogP contribution in [-0.4, -0.2) is 42.1 Å². The van der Waals surface area contributed by atoms with Crippen LogP contribution in [0.2, 0.25) is 0 Å². The molecule has 0 radical (unpaired) electrons. The van der Waals surface area contributed by atoms with Crippen LogP contribution in [0.4, 0.5) is 0 Å². The molecule has 0 saturated carbocycles. The largest absolute Gasteiger partial charge is 0.497 e. The molecule has 0 bridgehead atoms. The summed E-state index contributed by atoms with van der Waals surface area (Å²) < 4.78 is 17.8. The highest BCUT2D eigenvalue weighted by atomic mass is 16.6. The van der Waals surface area contributed by atoms with Crippen LogP contribution in [0.25, 0.3) is 10.9 Å². The first kappa shape index (κ1) is 25.4. The van der Waals surface area contributed by atoms with Crippen LogP contribution in [0.15, 0.2) is 82.7 Å². The van der Waals surface area contributed by atoms with Gasteiger partial charge in [-0.1, -0.05) is 35.5 Å². The van der Waals surface area contributed by atoms with Crippen LogP contribution in [0.1, 0.15) is 17.0 Å². The number of carbonyl (C=O) groups is 1. The highest BCUT2D eigenvalue weighted by Gasteiger charge is 2.13. The third-order valence-electron chi connectivity index (χ3n) is 5.54. The van der Waals surface area contributed by atoms with E-state index in [1.165, 1.54) is 10.8 Å². The van der Waals surface area contributed by atoms with Gasteiger partial charge in [0.05, 0.1) is 30.8 Å². The van der Waals surface area contributed by atoms with Crippen LogP contribution in [0.3, 0.4) is 0 Å². The van der Waals surface area contributed by atoms with Crippen LogP contribution in [0.5, 0.6) is 11.5 Å².